The van der Waals surface area contributed by atoms with Crippen LogP contribution in [0.2, 0.25) is 0 Å². The van der Waals surface area contributed by atoms with Crippen LogP contribution in [0.4, 0.5) is 0 Å². The van der Waals surface area contributed by atoms with Crippen molar-refractivity contribution in [2.45, 2.75) is 45.1 Å². The third-order valence-corrected chi connectivity index (χ3v) is 3.64. The molecule has 0 saturated heterocycles. The number of nitrogens with one attached hydrogen (secondary N) is 1. The summed E-state index contributed by atoms with van der Waals surface area (Å²) >= 11 is 0. The van der Waals surface area contributed by atoms with Crippen LogP contribution in [-0.2, 0) is 9.59 Å². The maximum Gasteiger partial charge on any atom is 0.308 e. The van der Waals surface area contributed by atoms with Crippen LogP contribution >= 0.6 is 0 Å². The predicted octanol–water partition coefficient (Wildman–Crippen LogP) is 1.51. The third kappa shape index (κ3) is 4.47. The minimum Gasteiger partial charge on any atom is -0.481 e. The Balaban J connectivity index is 1.85. The normalized spacial score (nSPS) is 22.3. The maximum absolute atomic E-state index is 11.9. The number of carbonyl (C=O) groups is 2. The monoisotopic (exact) mass is 296 g/mol. The third-order valence-electron chi connectivity index (χ3n) is 3.64. The van der Waals surface area contributed by atoms with Crippen LogP contribution < -0.4 is 10.1 Å². The molecule has 2 unspecified atom stereocenters. The standard InChI is InChI=1S/C14H20N2O5/c1-9-7-13(16-21-9)20-8-12(17)15-11-6-4-2-3-5-10(11)14(18)19/h7,10-11H,2-6,8H2,1H3,(H,15,17)(H,18,19). The number of rotatable bonds is 5. The Bertz CT molecular complexity index is 499. The van der Waals surface area contributed by atoms with Gasteiger partial charge in [-0.3, -0.25) is 9.59 Å². The fourth-order valence-corrected chi connectivity index (χ4v) is 2.58. The van der Waals surface area contributed by atoms with Crippen molar-refractivity contribution < 1.29 is 24.0 Å². The van der Waals surface area contributed by atoms with Crippen LogP contribution in [0, 0.1) is 12.8 Å². The van der Waals surface area contributed by atoms with Gasteiger partial charge in [0.1, 0.15) is 5.76 Å². The van der Waals surface area contributed by atoms with E-state index >= 15 is 0 Å². The number of carboxylic acid groups (broad SMARTS) is 1. The molecule has 2 N–H and O–H groups in total. The van der Waals surface area contributed by atoms with Gasteiger partial charge >= 0.3 is 5.97 Å². The van der Waals surface area contributed by atoms with E-state index in [4.69, 9.17) is 9.26 Å². The molecule has 2 rings (SSSR count). The van der Waals surface area contributed by atoms with Crippen molar-refractivity contribution >= 4 is 11.9 Å². The second kappa shape index (κ2) is 7.10. The molecule has 1 aromatic heterocycles. The molecule has 1 saturated carbocycles. The van der Waals surface area contributed by atoms with E-state index in [1.54, 1.807) is 13.0 Å². The van der Waals surface area contributed by atoms with Crippen LogP contribution in [0.25, 0.3) is 0 Å². The van der Waals surface area contributed by atoms with E-state index in [-0.39, 0.29) is 24.4 Å². The highest BCUT2D eigenvalue weighted by Crippen LogP contribution is 2.23. The first-order valence-electron chi connectivity index (χ1n) is 7.14. The molecule has 7 heteroatoms. The smallest absolute Gasteiger partial charge is 0.308 e. The Morgan fingerprint density at radius 3 is 2.86 bits per heavy atom. The number of aliphatic carboxylic acids is 1. The summed E-state index contributed by atoms with van der Waals surface area (Å²) in [6, 6.07) is 1.25. The first-order chi connectivity index (χ1) is 10.1. The zero-order valence-electron chi connectivity index (χ0n) is 12.0. The summed E-state index contributed by atoms with van der Waals surface area (Å²) in [4.78, 5) is 23.2. The van der Waals surface area contributed by atoms with Gasteiger partial charge in [-0.1, -0.05) is 19.3 Å². The minimum absolute atomic E-state index is 0.200. The van der Waals surface area contributed by atoms with Gasteiger partial charge in [0.05, 0.1) is 5.92 Å². The lowest BCUT2D eigenvalue weighted by atomic mass is 9.95. The highest BCUT2D eigenvalue weighted by atomic mass is 16.5. The summed E-state index contributed by atoms with van der Waals surface area (Å²) in [5.41, 5.74) is 0. The minimum atomic E-state index is -0.852. The van der Waals surface area contributed by atoms with Crippen molar-refractivity contribution in [1.29, 1.82) is 0 Å². The van der Waals surface area contributed by atoms with Crippen LogP contribution in [-0.4, -0.2) is 34.8 Å². The van der Waals surface area contributed by atoms with Crippen LogP contribution in [0.3, 0.4) is 0 Å². The fourth-order valence-electron chi connectivity index (χ4n) is 2.58. The number of aromatic nitrogens is 1. The summed E-state index contributed by atoms with van der Waals surface area (Å²) in [6.45, 7) is 1.53. The van der Waals surface area contributed by atoms with Crippen molar-refractivity contribution in [2.75, 3.05) is 6.61 Å². The summed E-state index contributed by atoms with van der Waals surface area (Å²) in [5, 5.41) is 15.6. The van der Waals surface area contributed by atoms with Gasteiger partial charge in [0.15, 0.2) is 6.61 Å². The van der Waals surface area contributed by atoms with E-state index in [0.717, 1.165) is 19.3 Å². The first-order valence-corrected chi connectivity index (χ1v) is 7.14. The molecule has 1 aromatic rings. The van der Waals surface area contributed by atoms with E-state index in [0.29, 0.717) is 18.6 Å². The summed E-state index contributed by atoms with van der Waals surface area (Å²) in [5.74, 6) is -0.867. The highest BCUT2D eigenvalue weighted by Gasteiger charge is 2.30. The lowest BCUT2D eigenvalue weighted by molar-refractivity contribution is -0.143. The first kappa shape index (κ1) is 15.3. The van der Waals surface area contributed by atoms with Gasteiger partial charge in [-0.15, -0.1) is 0 Å². The zero-order valence-corrected chi connectivity index (χ0v) is 12.0. The van der Waals surface area contributed by atoms with E-state index < -0.39 is 11.9 Å². The van der Waals surface area contributed by atoms with Gasteiger partial charge in [-0.05, 0) is 24.9 Å². The molecule has 0 radical (unpaired) electrons. The molecular weight excluding hydrogens is 276 g/mol. The van der Waals surface area contributed by atoms with Gasteiger partial charge in [0.2, 0.25) is 0 Å². The molecule has 7 nitrogen and oxygen atoms in total. The average molecular weight is 296 g/mol. The quantitative estimate of drug-likeness (QED) is 0.799. The molecule has 1 amide bonds. The van der Waals surface area contributed by atoms with Gasteiger partial charge in [-0.25, -0.2) is 0 Å². The molecule has 1 fully saturated rings. The van der Waals surface area contributed by atoms with Gasteiger partial charge < -0.3 is 19.7 Å². The van der Waals surface area contributed by atoms with Crippen molar-refractivity contribution in [3.8, 4) is 5.88 Å². The molecule has 21 heavy (non-hydrogen) atoms. The van der Waals surface area contributed by atoms with Crippen molar-refractivity contribution in [2.24, 2.45) is 5.92 Å². The summed E-state index contributed by atoms with van der Waals surface area (Å²) in [6.07, 6.45) is 4.11. The van der Waals surface area contributed by atoms with Crippen LogP contribution in [0.5, 0.6) is 5.88 Å². The Hall–Kier alpha value is -2.05. The van der Waals surface area contributed by atoms with Crippen LogP contribution in [0.15, 0.2) is 10.6 Å². The number of ether oxygens (including phenoxy) is 1. The molecule has 0 aliphatic heterocycles. The number of nitrogens with zero attached hydrogens (tertiary/aromatic N) is 1. The van der Waals surface area contributed by atoms with Crippen LogP contribution in [0.1, 0.15) is 37.9 Å². The van der Waals surface area contributed by atoms with E-state index in [1.165, 1.54) is 0 Å². The number of hydrogen-bond donors (Lipinski definition) is 2. The Morgan fingerprint density at radius 1 is 1.43 bits per heavy atom. The van der Waals surface area contributed by atoms with Crippen molar-refractivity contribution in [1.82, 2.24) is 10.5 Å². The highest BCUT2D eigenvalue weighted by molar-refractivity contribution is 5.79. The molecule has 1 aliphatic rings. The van der Waals surface area contributed by atoms with Crippen molar-refractivity contribution in [3.05, 3.63) is 11.8 Å². The summed E-state index contributed by atoms with van der Waals surface area (Å²) < 4.78 is 10.0. The Morgan fingerprint density at radius 2 is 2.19 bits per heavy atom. The number of carboxylic acids is 1. The predicted molar refractivity (Wildman–Crippen MR) is 72.9 cm³/mol. The van der Waals surface area contributed by atoms with Gasteiger partial charge in [0, 0.05) is 12.1 Å². The number of amides is 1. The van der Waals surface area contributed by atoms with E-state index in [9.17, 15) is 14.7 Å². The van der Waals surface area contributed by atoms with E-state index in [2.05, 4.69) is 10.5 Å². The van der Waals surface area contributed by atoms with E-state index in [1.807, 2.05) is 0 Å². The van der Waals surface area contributed by atoms with Crippen molar-refractivity contribution in [3.63, 3.8) is 0 Å². The number of aryl methyl sites for hydroxylation is 1. The lowest BCUT2D eigenvalue weighted by Gasteiger charge is -2.22. The maximum atomic E-state index is 11.9. The second-order valence-electron chi connectivity index (χ2n) is 5.32. The largest absolute Gasteiger partial charge is 0.481 e. The molecule has 2 atom stereocenters. The molecule has 0 bridgehead atoms. The molecule has 0 spiro atoms. The molecule has 116 valence electrons. The van der Waals surface area contributed by atoms with Gasteiger partial charge in [0.25, 0.3) is 11.8 Å². The zero-order chi connectivity index (χ0) is 15.2. The second-order valence-corrected chi connectivity index (χ2v) is 5.32. The average Bonchev–Trinajstić information content (AvgIpc) is 2.70. The topological polar surface area (TPSA) is 102 Å². The fraction of sp³-hybridized carbons (Fsp3) is 0.643. The molecule has 1 heterocycles. The lowest BCUT2D eigenvalue weighted by Crippen LogP contribution is -2.44. The Kier molecular flexibility index (Phi) is 5.19. The number of hydrogen-bond acceptors (Lipinski definition) is 5. The number of carbonyl (C=O) groups excluding carboxylic acids is 1. The molecular formula is C14H20N2O5. The molecule has 0 aromatic carbocycles. The van der Waals surface area contributed by atoms with Gasteiger partial charge in [-0.2, -0.15) is 0 Å². The summed E-state index contributed by atoms with van der Waals surface area (Å²) in [7, 11) is 0. The Labute approximate surface area is 122 Å². The molecule has 1 aliphatic carbocycles. The SMILES string of the molecule is Cc1cc(OCC(=O)NC2CCCCCC2C(=O)O)no1.